The number of carbonyl (C=O) groups is 6. The predicted octanol–water partition coefficient (Wildman–Crippen LogP) is 11.5. The first-order valence-electron chi connectivity index (χ1n) is 26.6. The molecule has 0 radical (unpaired) electrons. The number of nitrogens with one attached hydrogen (secondary N) is 2. The lowest BCUT2D eigenvalue weighted by Crippen LogP contribution is -2.50. The molecule has 0 unspecified atom stereocenters. The maximum Gasteiger partial charge on any atom is 0.329 e. The summed E-state index contributed by atoms with van der Waals surface area (Å²) >= 11 is 1.28. The summed E-state index contributed by atoms with van der Waals surface area (Å²) in [6.45, 7) is 14.2. The Morgan fingerprint density at radius 3 is 1.37 bits per heavy atom. The van der Waals surface area contributed by atoms with E-state index in [1.165, 1.54) is 140 Å². The minimum Gasteiger partial charge on any atom is -0.462 e. The molecule has 0 bridgehead atoms. The van der Waals surface area contributed by atoms with Crippen molar-refractivity contribution in [1.29, 1.82) is 0 Å². The number of carbonyl (C=O) groups excluding carboxylic acids is 6. The van der Waals surface area contributed by atoms with Crippen LogP contribution in [-0.4, -0.2) is 89.7 Å². The van der Waals surface area contributed by atoms with E-state index in [9.17, 15) is 28.8 Å². The van der Waals surface area contributed by atoms with Crippen molar-refractivity contribution >= 4 is 47.5 Å². The summed E-state index contributed by atoms with van der Waals surface area (Å²) in [6.07, 6.45) is 31.2. The van der Waals surface area contributed by atoms with Crippen LogP contribution in [0.25, 0.3) is 0 Å². The van der Waals surface area contributed by atoms with E-state index in [0.717, 1.165) is 38.5 Å². The first-order valence-corrected chi connectivity index (χ1v) is 27.7. The number of hydrogen-bond donors (Lipinski definition) is 3. The molecule has 0 saturated heterocycles. The van der Waals surface area contributed by atoms with Crippen LogP contribution in [0.1, 0.15) is 248 Å². The fourth-order valence-corrected chi connectivity index (χ4v) is 8.38. The minimum absolute atomic E-state index is 0.0560. The van der Waals surface area contributed by atoms with Gasteiger partial charge in [-0.3, -0.25) is 24.0 Å². The maximum absolute atomic E-state index is 12.9. The first-order chi connectivity index (χ1) is 31.9. The van der Waals surface area contributed by atoms with E-state index in [2.05, 4.69) is 24.5 Å². The molecule has 0 aliphatic carbocycles. The van der Waals surface area contributed by atoms with Gasteiger partial charge < -0.3 is 35.3 Å². The SMILES string of the molecule is CCCCCCCCCCCCCCCC(=O)OC[C@H](CSC[C@H](N)C(=O)NCC(=O)N[C@H](CCC(=O)OC(C)(C)C)C(=O)OC(C)(C)C)OC(=O)CCCCCCCCCCCCCCC. The van der Waals surface area contributed by atoms with Gasteiger partial charge in [0.05, 0.1) is 12.6 Å². The van der Waals surface area contributed by atoms with Crippen molar-refractivity contribution in [3.05, 3.63) is 0 Å². The van der Waals surface area contributed by atoms with Gasteiger partial charge in [-0.2, -0.15) is 11.8 Å². The molecule has 0 aromatic rings. The molecule has 2 amide bonds. The Bertz CT molecular complexity index is 1320. The highest BCUT2D eigenvalue weighted by Gasteiger charge is 2.29. The van der Waals surface area contributed by atoms with E-state index in [4.69, 9.17) is 24.7 Å². The van der Waals surface area contributed by atoms with Crippen molar-refractivity contribution < 1.29 is 47.7 Å². The van der Waals surface area contributed by atoms with Gasteiger partial charge in [0.1, 0.15) is 30.0 Å². The largest absolute Gasteiger partial charge is 0.462 e. The zero-order valence-electron chi connectivity index (χ0n) is 43.8. The first kappa shape index (κ1) is 64.1. The molecule has 0 fully saturated rings. The van der Waals surface area contributed by atoms with Gasteiger partial charge in [0.15, 0.2) is 0 Å². The summed E-state index contributed by atoms with van der Waals surface area (Å²) in [5.41, 5.74) is 4.64. The second-order valence-electron chi connectivity index (χ2n) is 20.4. The van der Waals surface area contributed by atoms with Gasteiger partial charge in [0, 0.05) is 30.8 Å². The highest BCUT2D eigenvalue weighted by molar-refractivity contribution is 7.99. The molecule has 13 nitrogen and oxygen atoms in total. The Hall–Kier alpha value is -2.87. The molecule has 392 valence electrons. The molecule has 0 rings (SSSR count). The third kappa shape index (κ3) is 42.9. The third-order valence-electron chi connectivity index (χ3n) is 11.1. The Balaban J connectivity index is 4.97. The molecule has 4 N–H and O–H groups in total. The van der Waals surface area contributed by atoms with Gasteiger partial charge in [-0.1, -0.05) is 168 Å². The van der Waals surface area contributed by atoms with Crippen molar-refractivity contribution in [1.82, 2.24) is 10.6 Å². The van der Waals surface area contributed by atoms with Gasteiger partial charge in [-0.15, -0.1) is 0 Å². The van der Waals surface area contributed by atoms with E-state index >= 15 is 0 Å². The molecule has 14 heteroatoms. The van der Waals surface area contributed by atoms with Crippen molar-refractivity contribution in [2.75, 3.05) is 24.7 Å². The van der Waals surface area contributed by atoms with Gasteiger partial charge >= 0.3 is 23.9 Å². The number of nitrogens with two attached hydrogens (primary N) is 1. The fourth-order valence-electron chi connectivity index (χ4n) is 7.42. The lowest BCUT2D eigenvalue weighted by molar-refractivity contribution is -0.160. The van der Waals surface area contributed by atoms with E-state index < -0.39 is 59.7 Å². The number of rotatable bonds is 43. The van der Waals surface area contributed by atoms with Crippen molar-refractivity contribution in [3.63, 3.8) is 0 Å². The van der Waals surface area contributed by atoms with Crippen molar-refractivity contribution in [3.8, 4) is 0 Å². The lowest BCUT2D eigenvalue weighted by Gasteiger charge is -2.25. The number of ether oxygens (including phenoxy) is 4. The van der Waals surface area contributed by atoms with E-state index in [0.29, 0.717) is 6.42 Å². The summed E-state index contributed by atoms with van der Waals surface area (Å²) in [5, 5.41) is 5.06. The van der Waals surface area contributed by atoms with E-state index in [-0.39, 0.29) is 49.3 Å². The Morgan fingerprint density at radius 2 is 0.940 bits per heavy atom. The summed E-state index contributed by atoms with van der Waals surface area (Å²) in [7, 11) is 0. The summed E-state index contributed by atoms with van der Waals surface area (Å²) < 4.78 is 22.2. The smallest absolute Gasteiger partial charge is 0.329 e. The normalized spacial score (nSPS) is 13.0. The van der Waals surface area contributed by atoms with E-state index in [1.807, 2.05) is 0 Å². The van der Waals surface area contributed by atoms with Crippen LogP contribution in [0.2, 0.25) is 0 Å². The predicted molar refractivity (Wildman–Crippen MR) is 273 cm³/mol. The van der Waals surface area contributed by atoms with Gasteiger partial charge in [0.25, 0.3) is 0 Å². The third-order valence-corrected chi connectivity index (χ3v) is 12.3. The molecule has 67 heavy (non-hydrogen) atoms. The standard InChI is InChI=1S/C53H99N3O10S/c1-9-11-13-15-17-19-21-23-25-27-29-31-33-35-47(58)63-40-43(64-48(59)36-34-32-30-28-26-24-22-20-18-16-14-12-10-2)41-67-42-44(54)50(61)55-39-46(57)56-45(51(62)66-53(6,7)8)37-38-49(60)65-52(3,4)5/h43-45H,9-42,54H2,1-8H3,(H,55,61)(H,56,57)/t43-,44+,45-/m1/s1. The molecule has 0 aromatic carbocycles. The number of amides is 2. The Kier molecular flexibility index (Phi) is 39.2. The summed E-state index contributed by atoms with van der Waals surface area (Å²) in [6, 6.07) is -2.15. The lowest BCUT2D eigenvalue weighted by atomic mass is 10.0. The highest BCUT2D eigenvalue weighted by Crippen LogP contribution is 2.18. The van der Waals surface area contributed by atoms with Crippen molar-refractivity contribution in [2.24, 2.45) is 5.73 Å². The second-order valence-corrected chi connectivity index (χ2v) is 21.5. The van der Waals surface area contributed by atoms with Gasteiger partial charge in [0.2, 0.25) is 11.8 Å². The minimum atomic E-state index is -1.15. The van der Waals surface area contributed by atoms with Crippen LogP contribution in [0.4, 0.5) is 0 Å². The van der Waals surface area contributed by atoms with Crippen LogP contribution >= 0.6 is 11.8 Å². The molecule has 0 heterocycles. The summed E-state index contributed by atoms with van der Waals surface area (Å²) in [5.74, 6) is -2.76. The second kappa shape index (κ2) is 41.0. The maximum atomic E-state index is 12.9. The Morgan fingerprint density at radius 1 is 0.522 bits per heavy atom. The molecular weight excluding hydrogens is 871 g/mol. The topological polar surface area (TPSA) is 189 Å². The van der Waals surface area contributed by atoms with Gasteiger partial charge in [-0.05, 0) is 60.8 Å². The van der Waals surface area contributed by atoms with Crippen molar-refractivity contribution in [2.45, 2.75) is 277 Å². The number of unbranched alkanes of at least 4 members (excludes halogenated alkanes) is 24. The average Bonchev–Trinajstić information content (AvgIpc) is 3.25. The van der Waals surface area contributed by atoms with Crippen LogP contribution in [0.15, 0.2) is 0 Å². The number of thioether (sulfide) groups is 1. The zero-order valence-corrected chi connectivity index (χ0v) is 44.7. The molecule has 3 atom stereocenters. The Labute approximate surface area is 412 Å². The highest BCUT2D eigenvalue weighted by atomic mass is 32.2. The summed E-state index contributed by atoms with van der Waals surface area (Å²) in [4.78, 5) is 76.6. The number of esters is 4. The molecule has 0 aliphatic rings. The molecule has 0 aromatic heterocycles. The van der Waals surface area contributed by atoms with Crippen LogP contribution in [-0.2, 0) is 47.7 Å². The molecule has 0 spiro atoms. The number of hydrogen-bond acceptors (Lipinski definition) is 12. The van der Waals surface area contributed by atoms with Crippen LogP contribution in [0, 0.1) is 0 Å². The quantitative estimate of drug-likeness (QED) is 0.0298. The average molecular weight is 970 g/mol. The fraction of sp³-hybridized carbons (Fsp3) is 0.887. The molecular formula is C53H99N3O10S. The molecule has 0 aliphatic heterocycles. The van der Waals surface area contributed by atoms with Crippen LogP contribution in [0.3, 0.4) is 0 Å². The van der Waals surface area contributed by atoms with Gasteiger partial charge in [-0.25, -0.2) is 4.79 Å². The molecule has 0 saturated carbocycles. The van der Waals surface area contributed by atoms with E-state index in [1.54, 1.807) is 41.5 Å². The van der Waals surface area contributed by atoms with Crippen LogP contribution < -0.4 is 16.4 Å². The van der Waals surface area contributed by atoms with Crippen LogP contribution in [0.5, 0.6) is 0 Å². The monoisotopic (exact) mass is 970 g/mol. The zero-order chi connectivity index (χ0) is 50.2.